The molecular weight excluding hydrogens is 204 g/mol. The Morgan fingerprint density at radius 1 is 1.38 bits per heavy atom. The van der Waals surface area contributed by atoms with Gasteiger partial charge in [-0.25, -0.2) is 4.99 Å². The molecule has 1 atom stereocenters. The van der Waals surface area contributed by atoms with E-state index in [1.54, 1.807) is 6.92 Å². The molecule has 0 spiro atoms. The van der Waals surface area contributed by atoms with Gasteiger partial charge in [0.05, 0.1) is 5.71 Å². The number of amidine groups is 1. The fraction of sp³-hybridized carbons (Fsp3) is 0.273. The molecule has 3 N–H and O–H groups in total. The molecule has 2 aliphatic heterocycles. The van der Waals surface area contributed by atoms with E-state index >= 15 is 0 Å². The van der Waals surface area contributed by atoms with Crippen LogP contribution in [0.2, 0.25) is 0 Å². The lowest BCUT2D eigenvalue weighted by Crippen LogP contribution is -2.60. The number of fused-ring (bicyclic) bond motifs is 2. The normalized spacial score (nSPS) is 26.6. The van der Waals surface area contributed by atoms with E-state index in [0.717, 1.165) is 11.3 Å². The number of hydrazone groups is 1. The van der Waals surface area contributed by atoms with E-state index in [9.17, 15) is 5.11 Å². The van der Waals surface area contributed by atoms with E-state index < -0.39 is 5.85 Å². The Morgan fingerprint density at radius 2 is 2.19 bits per heavy atom. The predicted octanol–water partition coefficient (Wildman–Crippen LogP) is 0.678. The molecular formula is C11H12N4O. The second-order valence-corrected chi connectivity index (χ2v) is 4.00. The third-order valence-electron chi connectivity index (χ3n) is 2.78. The lowest BCUT2D eigenvalue weighted by Gasteiger charge is -2.37. The molecule has 0 saturated heterocycles. The summed E-state index contributed by atoms with van der Waals surface area (Å²) < 4.78 is 0. The zero-order valence-electron chi connectivity index (χ0n) is 8.86. The van der Waals surface area contributed by atoms with Gasteiger partial charge in [-0.2, -0.15) is 5.10 Å². The van der Waals surface area contributed by atoms with E-state index in [0.29, 0.717) is 18.0 Å². The number of anilines is 1. The SMILES string of the molecule is CC1=NN[C@]2(O)Nc3ccccc3CC2=N1. The first kappa shape index (κ1) is 9.35. The van der Waals surface area contributed by atoms with E-state index in [4.69, 9.17) is 0 Å². The number of aliphatic imine (C=N–C) groups is 1. The molecule has 1 aromatic rings. The molecule has 0 aliphatic carbocycles. The number of rotatable bonds is 0. The number of nitrogens with zero attached hydrogens (tertiary/aromatic N) is 2. The van der Waals surface area contributed by atoms with Crippen LogP contribution in [0.15, 0.2) is 34.4 Å². The van der Waals surface area contributed by atoms with E-state index in [-0.39, 0.29) is 0 Å². The maximum absolute atomic E-state index is 10.3. The standard InChI is InChI=1S/C11H12N4O/c1-7-12-10-6-8-4-2-3-5-9(8)13-11(10,16)15-14-7/h2-5,13,15-16H,6H2,1H3/t11-/m1/s1. The Labute approximate surface area is 92.9 Å². The van der Waals surface area contributed by atoms with Gasteiger partial charge in [0.2, 0.25) is 0 Å². The van der Waals surface area contributed by atoms with Crippen LogP contribution in [-0.4, -0.2) is 22.5 Å². The number of hydrogen-bond acceptors (Lipinski definition) is 5. The van der Waals surface area contributed by atoms with Crippen molar-refractivity contribution in [1.29, 1.82) is 0 Å². The first-order valence-corrected chi connectivity index (χ1v) is 5.15. The van der Waals surface area contributed by atoms with Gasteiger partial charge in [0.1, 0.15) is 5.84 Å². The van der Waals surface area contributed by atoms with Crippen molar-refractivity contribution in [3.05, 3.63) is 29.8 Å². The monoisotopic (exact) mass is 216 g/mol. The van der Waals surface area contributed by atoms with Gasteiger partial charge in [-0.3, -0.25) is 5.43 Å². The number of para-hydroxylation sites is 1. The molecule has 16 heavy (non-hydrogen) atoms. The summed E-state index contributed by atoms with van der Waals surface area (Å²) in [6, 6.07) is 7.85. The average Bonchev–Trinajstić information content (AvgIpc) is 2.27. The van der Waals surface area contributed by atoms with E-state index in [1.807, 2.05) is 24.3 Å². The van der Waals surface area contributed by atoms with Crippen molar-refractivity contribution in [2.75, 3.05) is 5.32 Å². The Kier molecular flexibility index (Phi) is 1.79. The Balaban J connectivity index is 2.08. The zero-order valence-corrected chi connectivity index (χ0v) is 8.86. The van der Waals surface area contributed by atoms with Crippen molar-refractivity contribution in [3.8, 4) is 0 Å². The van der Waals surface area contributed by atoms with E-state index in [2.05, 4.69) is 20.8 Å². The van der Waals surface area contributed by atoms with Gasteiger partial charge in [-0.1, -0.05) is 18.2 Å². The van der Waals surface area contributed by atoms with Gasteiger partial charge >= 0.3 is 0 Å². The van der Waals surface area contributed by atoms with Crippen LogP contribution >= 0.6 is 0 Å². The van der Waals surface area contributed by atoms with Crippen molar-refractivity contribution >= 4 is 17.2 Å². The molecule has 0 saturated carbocycles. The summed E-state index contributed by atoms with van der Waals surface area (Å²) in [5.74, 6) is -0.714. The van der Waals surface area contributed by atoms with Crippen molar-refractivity contribution < 1.29 is 5.11 Å². The third-order valence-corrected chi connectivity index (χ3v) is 2.78. The van der Waals surface area contributed by atoms with Crippen molar-refractivity contribution in [2.24, 2.45) is 10.1 Å². The molecule has 0 radical (unpaired) electrons. The third kappa shape index (κ3) is 1.29. The summed E-state index contributed by atoms with van der Waals surface area (Å²) >= 11 is 0. The maximum Gasteiger partial charge on any atom is 0.271 e. The molecule has 2 heterocycles. The maximum atomic E-state index is 10.3. The highest BCUT2D eigenvalue weighted by Crippen LogP contribution is 2.27. The summed E-state index contributed by atoms with van der Waals surface area (Å²) in [6.07, 6.45) is 0.625. The fourth-order valence-corrected chi connectivity index (χ4v) is 1.97. The first-order chi connectivity index (χ1) is 7.67. The number of benzene rings is 1. The zero-order chi connectivity index (χ0) is 11.2. The minimum Gasteiger partial charge on any atom is -0.348 e. The lowest BCUT2D eigenvalue weighted by atomic mass is 9.97. The molecule has 0 unspecified atom stereocenters. The molecule has 1 aromatic carbocycles. The average molecular weight is 216 g/mol. The van der Waals surface area contributed by atoms with Gasteiger partial charge in [0.15, 0.2) is 0 Å². The van der Waals surface area contributed by atoms with Crippen LogP contribution in [0.1, 0.15) is 12.5 Å². The summed E-state index contributed by atoms with van der Waals surface area (Å²) in [4.78, 5) is 4.27. The van der Waals surface area contributed by atoms with Crippen LogP contribution in [-0.2, 0) is 6.42 Å². The minimum atomic E-state index is -1.34. The second-order valence-electron chi connectivity index (χ2n) is 4.00. The number of aliphatic hydroxyl groups is 1. The lowest BCUT2D eigenvalue weighted by molar-refractivity contribution is 0.100. The smallest absolute Gasteiger partial charge is 0.271 e. The van der Waals surface area contributed by atoms with Gasteiger partial charge in [0, 0.05) is 12.1 Å². The minimum absolute atomic E-state index is 0.625. The van der Waals surface area contributed by atoms with Crippen molar-refractivity contribution in [3.63, 3.8) is 0 Å². The predicted molar refractivity (Wildman–Crippen MR) is 62.4 cm³/mol. The van der Waals surface area contributed by atoms with E-state index in [1.165, 1.54) is 0 Å². The van der Waals surface area contributed by atoms with Crippen LogP contribution in [0, 0.1) is 0 Å². The molecule has 0 bridgehead atoms. The molecule has 0 fully saturated rings. The Hall–Kier alpha value is -1.88. The summed E-state index contributed by atoms with van der Waals surface area (Å²) in [5.41, 5.74) is 5.38. The van der Waals surface area contributed by atoms with Crippen LogP contribution in [0.3, 0.4) is 0 Å². The quantitative estimate of drug-likeness (QED) is 0.597. The van der Waals surface area contributed by atoms with Gasteiger partial charge in [-0.15, -0.1) is 0 Å². The van der Waals surface area contributed by atoms with Crippen LogP contribution in [0.4, 0.5) is 5.69 Å². The molecule has 3 rings (SSSR count). The van der Waals surface area contributed by atoms with Gasteiger partial charge < -0.3 is 10.4 Å². The first-order valence-electron chi connectivity index (χ1n) is 5.15. The molecule has 5 heteroatoms. The van der Waals surface area contributed by atoms with Crippen molar-refractivity contribution in [2.45, 2.75) is 19.2 Å². The largest absolute Gasteiger partial charge is 0.348 e. The van der Waals surface area contributed by atoms with Gasteiger partial charge in [0.25, 0.3) is 5.85 Å². The molecule has 5 nitrogen and oxygen atoms in total. The Morgan fingerprint density at radius 3 is 3.06 bits per heavy atom. The molecule has 0 aromatic heterocycles. The highest BCUT2D eigenvalue weighted by atomic mass is 16.3. The molecule has 0 amide bonds. The Bertz CT molecular complexity index is 508. The summed E-state index contributed by atoms with van der Waals surface area (Å²) in [7, 11) is 0. The van der Waals surface area contributed by atoms with Crippen LogP contribution in [0.5, 0.6) is 0 Å². The second kappa shape index (κ2) is 3.05. The van der Waals surface area contributed by atoms with Crippen LogP contribution in [0.25, 0.3) is 0 Å². The van der Waals surface area contributed by atoms with Crippen LogP contribution < -0.4 is 10.7 Å². The number of hydrogen-bond donors (Lipinski definition) is 3. The highest BCUT2D eigenvalue weighted by Gasteiger charge is 2.39. The molecule has 2 aliphatic rings. The summed E-state index contributed by atoms with van der Waals surface area (Å²) in [5, 5.41) is 17.2. The highest BCUT2D eigenvalue weighted by molar-refractivity contribution is 6.06. The van der Waals surface area contributed by atoms with Gasteiger partial charge in [-0.05, 0) is 18.6 Å². The topological polar surface area (TPSA) is 69.0 Å². The van der Waals surface area contributed by atoms with Crippen molar-refractivity contribution in [1.82, 2.24) is 5.43 Å². The molecule has 82 valence electrons. The summed E-state index contributed by atoms with van der Waals surface area (Å²) in [6.45, 7) is 1.79. The fourth-order valence-electron chi connectivity index (χ4n) is 1.97. The number of nitrogens with one attached hydrogen (secondary N) is 2.